The van der Waals surface area contributed by atoms with Crippen LogP contribution in [0.1, 0.15) is 20.3 Å². The molecule has 0 aliphatic carbocycles. The Balaban J connectivity index is 2.71. The van der Waals surface area contributed by atoms with Gasteiger partial charge in [-0.1, -0.05) is 30.7 Å². The van der Waals surface area contributed by atoms with E-state index in [4.69, 9.17) is 9.47 Å². The van der Waals surface area contributed by atoms with Gasteiger partial charge in [-0.3, -0.25) is 0 Å². The summed E-state index contributed by atoms with van der Waals surface area (Å²) in [6, 6.07) is 0. The molecule has 0 amide bonds. The first-order valence-corrected chi connectivity index (χ1v) is 8.01. The topological polar surface area (TPSA) is 38.7 Å². The number of hydrogen-bond acceptors (Lipinski definition) is 4. The molecule has 1 N–H and O–H groups in total. The summed E-state index contributed by atoms with van der Waals surface area (Å²) >= 11 is 1.89. The maximum Gasteiger partial charge on any atom is 0.102 e. The number of ether oxygens (including phenoxy) is 2. The average molecular weight is 286 g/mol. The highest BCUT2D eigenvalue weighted by molar-refractivity contribution is 7.99. The number of thioether (sulfide) groups is 1. The fraction of sp³-hybridized carbons (Fsp3) is 0.733. The number of hydrogen-bond donors (Lipinski definition) is 1. The summed E-state index contributed by atoms with van der Waals surface area (Å²) < 4.78 is 11.0. The maximum atomic E-state index is 10.3. The molecule has 0 radical (unpaired) electrons. The van der Waals surface area contributed by atoms with Crippen molar-refractivity contribution in [2.45, 2.75) is 32.5 Å². The molecule has 0 aromatic carbocycles. The fourth-order valence-electron chi connectivity index (χ4n) is 2.06. The van der Waals surface area contributed by atoms with Crippen LogP contribution in [0.4, 0.5) is 0 Å². The van der Waals surface area contributed by atoms with Gasteiger partial charge >= 0.3 is 0 Å². The lowest BCUT2D eigenvalue weighted by atomic mass is 9.97. The minimum atomic E-state index is -0.521. The number of allylic oxidation sites excluding steroid dienone is 1. The van der Waals surface area contributed by atoms with Crippen molar-refractivity contribution in [3.05, 3.63) is 23.8 Å². The zero-order valence-corrected chi connectivity index (χ0v) is 13.0. The second-order valence-electron chi connectivity index (χ2n) is 4.94. The van der Waals surface area contributed by atoms with E-state index in [-0.39, 0.29) is 12.0 Å². The molecule has 1 rings (SSSR count). The van der Waals surface area contributed by atoms with E-state index >= 15 is 0 Å². The summed E-state index contributed by atoms with van der Waals surface area (Å²) in [6.07, 6.45) is 6.39. The Morgan fingerprint density at radius 1 is 1.42 bits per heavy atom. The van der Waals surface area contributed by atoms with Crippen molar-refractivity contribution < 1.29 is 14.6 Å². The molecule has 0 spiro atoms. The number of aliphatic hydroxyl groups excluding tert-OH is 1. The molecular formula is C15H26O3S. The van der Waals surface area contributed by atoms with Gasteiger partial charge in [-0.25, -0.2) is 0 Å². The average Bonchev–Trinajstić information content (AvgIpc) is 2.39. The number of aliphatic hydroxyl groups is 1. The molecule has 1 heterocycles. The van der Waals surface area contributed by atoms with E-state index in [9.17, 15) is 5.11 Å². The van der Waals surface area contributed by atoms with E-state index in [0.29, 0.717) is 6.61 Å². The van der Waals surface area contributed by atoms with Crippen molar-refractivity contribution in [3.63, 3.8) is 0 Å². The van der Waals surface area contributed by atoms with Crippen molar-refractivity contribution >= 4 is 11.8 Å². The van der Waals surface area contributed by atoms with Gasteiger partial charge in [0.2, 0.25) is 0 Å². The van der Waals surface area contributed by atoms with Crippen LogP contribution in [0.3, 0.4) is 0 Å². The SMILES string of the molecule is CO[C@H]1/C=C/CCSCCOC/C(C)=C\[C@@H](C)[C@@H]1O. The summed E-state index contributed by atoms with van der Waals surface area (Å²) in [6.45, 7) is 5.48. The minimum Gasteiger partial charge on any atom is -0.389 e. The van der Waals surface area contributed by atoms with E-state index in [1.54, 1.807) is 7.11 Å². The van der Waals surface area contributed by atoms with Crippen LogP contribution in [-0.4, -0.2) is 49.1 Å². The quantitative estimate of drug-likeness (QED) is 0.752. The lowest BCUT2D eigenvalue weighted by Crippen LogP contribution is -2.31. The molecule has 0 aromatic rings. The molecule has 0 saturated carbocycles. The zero-order chi connectivity index (χ0) is 14.1. The predicted molar refractivity (Wildman–Crippen MR) is 81.6 cm³/mol. The molecule has 4 heteroatoms. The highest BCUT2D eigenvalue weighted by Gasteiger charge is 2.21. The van der Waals surface area contributed by atoms with Crippen molar-refractivity contribution in [3.8, 4) is 0 Å². The minimum absolute atomic E-state index is 0.0514. The van der Waals surface area contributed by atoms with Crippen LogP contribution in [0.2, 0.25) is 0 Å². The molecule has 1 aliphatic heterocycles. The molecule has 3 atom stereocenters. The summed E-state index contributed by atoms with van der Waals surface area (Å²) in [4.78, 5) is 0. The fourth-order valence-corrected chi connectivity index (χ4v) is 2.80. The summed E-state index contributed by atoms with van der Waals surface area (Å²) in [7, 11) is 1.64. The number of methoxy groups -OCH3 is 1. The van der Waals surface area contributed by atoms with Crippen LogP contribution in [0, 0.1) is 5.92 Å². The van der Waals surface area contributed by atoms with E-state index < -0.39 is 6.10 Å². The largest absolute Gasteiger partial charge is 0.389 e. The molecule has 0 aromatic heterocycles. The second-order valence-corrected chi connectivity index (χ2v) is 6.17. The van der Waals surface area contributed by atoms with Crippen molar-refractivity contribution in [1.82, 2.24) is 0 Å². The molecule has 110 valence electrons. The Morgan fingerprint density at radius 3 is 2.95 bits per heavy atom. The van der Waals surface area contributed by atoms with Gasteiger partial charge in [-0.15, -0.1) is 0 Å². The van der Waals surface area contributed by atoms with E-state index in [1.807, 2.05) is 31.7 Å². The van der Waals surface area contributed by atoms with Crippen LogP contribution in [-0.2, 0) is 9.47 Å². The Morgan fingerprint density at radius 2 is 2.21 bits per heavy atom. The molecule has 0 bridgehead atoms. The van der Waals surface area contributed by atoms with E-state index in [1.165, 1.54) is 0 Å². The van der Waals surface area contributed by atoms with E-state index in [2.05, 4.69) is 12.2 Å². The molecule has 0 saturated heterocycles. The van der Waals surface area contributed by atoms with Gasteiger partial charge < -0.3 is 14.6 Å². The summed E-state index contributed by atoms with van der Waals surface area (Å²) in [5, 5.41) is 10.3. The van der Waals surface area contributed by atoms with Gasteiger partial charge in [0.15, 0.2) is 0 Å². The maximum absolute atomic E-state index is 10.3. The lowest BCUT2D eigenvalue weighted by Gasteiger charge is -2.23. The van der Waals surface area contributed by atoms with Crippen LogP contribution in [0.25, 0.3) is 0 Å². The first kappa shape index (κ1) is 16.8. The third-order valence-electron chi connectivity index (χ3n) is 3.15. The molecular weight excluding hydrogens is 260 g/mol. The lowest BCUT2D eigenvalue weighted by molar-refractivity contribution is -0.00198. The zero-order valence-electron chi connectivity index (χ0n) is 12.2. The summed E-state index contributed by atoms with van der Waals surface area (Å²) in [5.41, 5.74) is 1.16. The Hall–Kier alpha value is -0.290. The monoisotopic (exact) mass is 286 g/mol. The van der Waals surface area contributed by atoms with Crippen molar-refractivity contribution in [2.75, 3.05) is 31.8 Å². The molecule has 3 nitrogen and oxygen atoms in total. The second kappa shape index (κ2) is 9.59. The van der Waals surface area contributed by atoms with Gasteiger partial charge in [0.25, 0.3) is 0 Å². The first-order chi connectivity index (χ1) is 9.15. The molecule has 0 fully saturated rings. The highest BCUT2D eigenvalue weighted by Crippen LogP contribution is 2.16. The highest BCUT2D eigenvalue weighted by atomic mass is 32.2. The van der Waals surface area contributed by atoms with Crippen LogP contribution < -0.4 is 0 Å². The Kier molecular flexibility index (Phi) is 8.46. The van der Waals surface area contributed by atoms with Crippen molar-refractivity contribution in [1.29, 1.82) is 0 Å². The standard InChI is InChI=1S/C15H26O3S/c1-12-10-13(2)15(16)14(17-3)6-4-5-8-19-9-7-18-11-12/h4,6,10,13-16H,5,7-9,11H2,1-3H3/b6-4+,12-10-/t13-,14+,15+/m1/s1. The van der Waals surface area contributed by atoms with Crippen LogP contribution in [0.15, 0.2) is 23.8 Å². The Labute approximate surface area is 121 Å². The summed E-state index contributed by atoms with van der Waals surface area (Å²) in [5.74, 6) is 2.17. The Bertz CT molecular complexity index is 302. The first-order valence-electron chi connectivity index (χ1n) is 6.85. The van der Waals surface area contributed by atoms with Gasteiger partial charge in [-0.2, -0.15) is 11.8 Å². The van der Waals surface area contributed by atoms with Crippen LogP contribution >= 0.6 is 11.8 Å². The van der Waals surface area contributed by atoms with Gasteiger partial charge in [0.1, 0.15) is 6.10 Å². The molecule has 0 unspecified atom stereocenters. The third kappa shape index (κ3) is 6.61. The van der Waals surface area contributed by atoms with Crippen molar-refractivity contribution in [2.24, 2.45) is 5.92 Å². The van der Waals surface area contributed by atoms with Gasteiger partial charge in [0, 0.05) is 18.8 Å². The molecule has 1 aliphatic rings. The van der Waals surface area contributed by atoms with Gasteiger partial charge in [-0.05, 0) is 19.1 Å². The van der Waals surface area contributed by atoms with Gasteiger partial charge in [0.05, 0.1) is 19.3 Å². The van der Waals surface area contributed by atoms with E-state index in [0.717, 1.165) is 30.1 Å². The normalized spacial score (nSPS) is 36.0. The predicted octanol–water partition coefficient (Wildman–Crippen LogP) is 2.65. The third-order valence-corrected chi connectivity index (χ3v) is 4.13. The van der Waals surface area contributed by atoms with Crippen LogP contribution in [0.5, 0.6) is 0 Å². The number of rotatable bonds is 1. The smallest absolute Gasteiger partial charge is 0.102 e. The molecule has 19 heavy (non-hydrogen) atoms.